The summed E-state index contributed by atoms with van der Waals surface area (Å²) in [5.74, 6) is 0. The van der Waals surface area contributed by atoms with Crippen LogP contribution in [0.2, 0.25) is 5.25 Å². The average Bonchev–Trinajstić information content (AvgIpc) is 2.12. The first kappa shape index (κ1) is 3.68. The fourth-order valence-electron chi connectivity index (χ4n) is 0.304. The molecule has 0 aliphatic carbocycles. The maximum Gasteiger partial charge on any atom is -1.00 e. The molecule has 1 nitrogen and oxygen atoms in total. The second-order valence-corrected chi connectivity index (χ2v) is 3.08. The molecule has 0 spiro atoms. The molecule has 0 saturated carbocycles. The van der Waals surface area contributed by atoms with E-state index in [1.165, 1.54) is 5.25 Å². The summed E-state index contributed by atoms with van der Waals surface area (Å²) in [5.41, 5.74) is 0. The molecule has 0 amide bonds. The van der Waals surface area contributed by atoms with Gasteiger partial charge in [-0.1, -0.05) is 0 Å². The van der Waals surface area contributed by atoms with Gasteiger partial charge in [0.15, 0.2) is 0 Å². The molecule has 1 saturated heterocycles. The zero-order chi connectivity index (χ0) is 3.70. The molecule has 0 aromatic heterocycles. The molecular formula is C3H9GeO-. The molecule has 0 bridgehead atoms. The molecule has 0 aromatic carbocycles. The zero-order valence-corrected chi connectivity index (χ0v) is 7.60. The van der Waals surface area contributed by atoms with Crippen LogP contribution >= 0.6 is 0 Å². The summed E-state index contributed by atoms with van der Waals surface area (Å²) < 4.78 is 4.90. The number of hydrogen-bond donors (Lipinski definition) is 0. The number of ether oxygens (including phenoxy) is 1. The molecule has 1 unspecified atom stereocenters. The van der Waals surface area contributed by atoms with E-state index >= 15 is 0 Å². The molecule has 0 radical (unpaired) electrons. The van der Waals surface area contributed by atoms with Crippen molar-refractivity contribution in [2.45, 2.75) is 11.4 Å². The summed E-state index contributed by atoms with van der Waals surface area (Å²) in [6.45, 7) is 1.06. The standard InChI is InChI=1S/C3H8GeO.H/c4-1-3-2-5-3;/h3H,1-2H2,4H3;/q;-1. The van der Waals surface area contributed by atoms with Crippen LogP contribution in [0, 0.1) is 0 Å². The minimum absolute atomic E-state index is 0. The minimum Gasteiger partial charge on any atom is -1.00 e. The van der Waals surface area contributed by atoms with Gasteiger partial charge in [0, 0.05) is 0 Å². The summed E-state index contributed by atoms with van der Waals surface area (Å²) >= 11 is 1.02. The van der Waals surface area contributed by atoms with E-state index in [1.54, 1.807) is 0 Å². The monoisotopic (exact) mass is 135 g/mol. The van der Waals surface area contributed by atoms with Crippen molar-refractivity contribution in [3.63, 3.8) is 0 Å². The molecule has 1 aliphatic rings. The smallest absolute Gasteiger partial charge is 1.00 e. The first-order chi connectivity index (χ1) is 2.43. The molecule has 1 fully saturated rings. The first-order valence-corrected chi connectivity index (χ1v) is 5.02. The molecule has 2 heteroatoms. The molecule has 1 aliphatic heterocycles. The molecule has 1 heterocycles. The van der Waals surface area contributed by atoms with Gasteiger partial charge in [0.05, 0.1) is 0 Å². The molecule has 32 valence electrons. The van der Waals surface area contributed by atoms with E-state index in [1.807, 2.05) is 0 Å². The van der Waals surface area contributed by atoms with Crippen LogP contribution in [0.1, 0.15) is 1.43 Å². The quantitative estimate of drug-likeness (QED) is 0.340. The maximum atomic E-state index is 4.90. The van der Waals surface area contributed by atoms with Crippen LogP contribution in [0.15, 0.2) is 0 Å². The van der Waals surface area contributed by atoms with Crippen molar-refractivity contribution in [2.24, 2.45) is 0 Å². The van der Waals surface area contributed by atoms with Crippen molar-refractivity contribution in [1.82, 2.24) is 0 Å². The first-order valence-electron chi connectivity index (χ1n) is 2.05. The Kier molecular flexibility index (Phi) is 0.963. The third-order valence-corrected chi connectivity index (χ3v) is 2.77. The van der Waals surface area contributed by atoms with E-state index in [4.69, 9.17) is 4.74 Å². The second kappa shape index (κ2) is 1.31. The van der Waals surface area contributed by atoms with Crippen LogP contribution in [0.5, 0.6) is 0 Å². The normalized spacial score (nSPS) is 34.8. The van der Waals surface area contributed by atoms with Gasteiger partial charge in [0.25, 0.3) is 0 Å². The Morgan fingerprint density at radius 2 is 2.80 bits per heavy atom. The summed E-state index contributed by atoms with van der Waals surface area (Å²) in [6, 6.07) is 0. The van der Waals surface area contributed by atoms with Gasteiger partial charge in [-0.3, -0.25) is 0 Å². The Balaban J connectivity index is 0.000000250. The Hall–Kier alpha value is 0.503. The van der Waals surface area contributed by atoms with Crippen LogP contribution in [0.25, 0.3) is 0 Å². The molecule has 0 aromatic rings. The van der Waals surface area contributed by atoms with E-state index in [9.17, 15) is 0 Å². The number of rotatable bonds is 1. The van der Waals surface area contributed by atoms with Crippen LogP contribution < -0.4 is 0 Å². The average molecular weight is 134 g/mol. The maximum absolute atomic E-state index is 4.90. The van der Waals surface area contributed by atoms with Gasteiger partial charge in [-0.2, -0.15) is 0 Å². The summed E-state index contributed by atoms with van der Waals surface area (Å²) in [5, 5.41) is 1.38. The fraction of sp³-hybridized carbons (Fsp3) is 1.00. The zero-order valence-electron chi connectivity index (χ0n) is 4.40. The van der Waals surface area contributed by atoms with Crippen LogP contribution in [0.4, 0.5) is 0 Å². The molecule has 5 heavy (non-hydrogen) atoms. The number of hydrogen-bond acceptors (Lipinski definition) is 1. The van der Waals surface area contributed by atoms with E-state index in [2.05, 4.69) is 0 Å². The second-order valence-electron chi connectivity index (χ2n) is 1.36. The van der Waals surface area contributed by atoms with E-state index in [-0.39, 0.29) is 1.43 Å². The predicted octanol–water partition coefficient (Wildman–Crippen LogP) is -0.719. The Morgan fingerprint density at radius 3 is 2.80 bits per heavy atom. The SMILES string of the molecule is [GeH3][CH2]C1CO1.[H-]. The van der Waals surface area contributed by atoms with Crippen molar-refractivity contribution >= 4 is 16.5 Å². The minimum atomic E-state index is 0. The Bertz CT molecular complexity index is 37.8. The topological polar surface area (TPSA) is 12.5 Å². The largest absolute Gasteiger partial charge is 1.00 e. The van der Waals surface area contributed by atoms with Crippen molar-refractivity contribution in [2.75, 3.05) is 6.61 Å². The van der Waals surface area contributed by atoms with Gasteiger partial charge in [0.2, 0.25) is 0 Å². The van der Waals surface area contributed by atoms with E-state index in [0.717, 1.165) is 29.2 Å². The summed E-state index contributed by atoms with van der Waals surface area (Å²) in [7, 11) is 0. The van der Waals surface area contributed by atoms with Crippen molar-refractivity contribution < 1.29 is 6.16 Å². The van der Waals surface area contributed by atoms with Crippen LogP contribution in [-0.4, -0.2) is 29.2 Å². The van der Waals surface area contributed by atoms with Gasteiger partial charge in [-0.25, -0.2) is 0 Å². The van der Waals surface area contributed by atoms with E-state index < -0.39 is 0 Å². The molecule has 1 atom stereocenters. The molecule has 1 rings (SSSR count). The Morgan fingerprint density at radius 1 is 2.20 bits per heavy atom. The van der Waals surface area contributed by atoms with Crippen molar-refractivity contribution in [3.05, 3.63) is 0 Å². The Labute approximate surface area is 41.4 Å². The molecule has 0 N–H and O–H groups in total. The summed E-state index contributed by atoms with van der Waals surface area (Å²) in [6.07, 6.45) is 0.718. The molecular weight excluding hydrogens is 125 g/mol. The van der Waals surface area contributed by atoms with Crippen LogP contribution in [0.3, 0.4) is 0 Å². The van der Waals surface area contributed by atoms with E-state index in [0.29, 0.717) is 0 Å². The number of epoxide rings is 1. The van der Waals surface area contributed by atoms with Gasteiger partial charge in [0.1, 0.15) is 0 Å². The van der Waals surface area contributed by atoms with Crippen LogP contribution in [-0.2, 0) is 4.74 Å². The van der Waals surface area contributed by atoms with Gasteiger partial charge in [-0.15, -0.1) is 0 Å². The van der Waals surface area contributed by atoms with Gasteiger partial charge >= 0.3 is 39.2 Å². The van der Waals surface area contributed by atoms with Gasteiger partial charge in [-0.05, 0) is 0 Å². The third kappa shape index (κ3) is 0.932. The third-order valence-electron chi connectivity index (χ3n) is 0.858. The summed E-state index contributed by atoms with van der Waals surface area (Å²) in [4.78, 5) is 0. The predicted molar refractivity (Wildman–Crippen MR) is 25.6 cm³/mol. The van der Waals surface area contributed by atoms with Crippen molar-refractivity contribution in [3.8, 4) is 0 Å². The van der Waals surface area contributed by atoms with Gasteiger partial charge < -0.3 is 1.43 Å². The fourth-order valence-corrected chi connectivity index (χ4v) is 1.29. The van der Waals surface area contributed by atoms with Crippen molar-refractivity contribution in [1.29, 1.82) is 0 Å².